The third-order valence-electron chi connectivity index (χ3n) is 3.73. The molecule has 7 heteroatoms. The van der Waals surface area contributed by atoms with Crippen molar-refractivity contribution < 1.29 is 9.31 Å². The number of hydrogen-bond donors (Lipinski definition) is 1. The van der Waals surface area contributed by atoms with Crippen LogP contribution < -0.4 is 5.73 Å². The van der Waals surface area contributed by atoms with E-state index >= 15 is 0 Å². The van der Waals surface area contributed by atoms with E-state index in [1.807, 2.05) is 0 Å². The van der Waals surface area contributed by atoms with Gasteiger partial charge in [-0.2, -0.15) is 0 Å². The molecule has 0 aromatic heterocycles. The Hall–Kier alpha value is -1.63. The van der Waals surface area contributed by atoms with Crippen molar-refractivity contribution >= 4 is 22.6 Å². The van der Waals surface area contributed by atoms with E-state index in [-0.39, 0.29) is 11.6 Å². The molecule has 1 aliphatic carbocycles. The molecule has 100 valence electrons. The zero-order valence-corrected chi connectivity index (χ0v) is 10.8. The third-order valence-corrected chi connectivity index (χ3v) is 4.55. The fourth-order valence-electron chi connectivity index (χ4n) is 2.68. The van der Waals surface area contributed by atoms with Crippen molar-refractivity contribution in [1.82, 2.24) is 0 Å². The maximum Gasteiger partial charge on any atom is 0.270 e. The number of fused-ring (bicyclic) bond motifs is 1. The summed E-state index contributed by atoms with van der Waals surface area (Å²) >= 11 is 1.45. The molecule has 2 N–H and O–H groups in total. The van der Waals surface area contributed by atoms with Crippen molar-refractivity contribution in [1.29, 1.82) is 0 Å². The molecular formula is C12H12FN3O2S. The summed E-state index contributed by atoms with van der Waals surface area (Å²) in [5.41, 5.74) is 5.30. The van der Waals surface area contributed by atoms with Crippen LogP contribution in [0.5, 0.6) is 0 Å². The molecule has 0 amide bonds. The number of nitro benzene ring substituents is 1. The Morgan fingerprint density at radius 1 is 1.58 bits per heavy atom. The molecule has 1 aromatic carbocycles. The summed E-state index contributed by atoms with van der Waals surface area (Å²) in [6.07, 6.45) is 1.61. The minimum absolute atomic E-state index is 0.109. The first-order chi connectivity index (χ1) is 9.03. The van der Waals surface area contributed by atoms with Crippen molar-refractivity contribution in [3.8, 4) is 0 Å². The van der Waals surface area contributed by atoms with Crippen LogP contribution in [0.25, 0.3) is 0 Å². The molecule has 19 heavy (non-hydrogen) atoms. The van der Waals surface area contributed by atoms with Gasteiger partial charge in [0.05, 0.1) is 10.5 Å². The van der Waals surface area contributed by atoms with E-state index in [0.717, 1.165) is 18.2 Å². The van der Waals surface area contributed by atoms with Crippen molar-refractivity contribution in [2.24, 2.45) is 16.6 Å². The van der Waals surface area contributed by atoms with Gasteiger partial charge >= 0.3 is 0 Å². The monoisotopic (exact) mass is 281 g/mol. The van der Waals surface area contributed by atoms with Crippen LogP contribution >= 0.6 is 11.8 Å². The number of rotatable bonds is 2. The molecule has 3 rings (SSSR count). The first kappa shape index (κ1) is 12.4. The van der Waals surface area contributed by atoms with Gasteiger partial charge in [0.1, 0.15) is 5.82 Å². The van der Waals surface area contributed by atoms with Gasteiger partial charge in [0.25, 0.3) is 5.69 Å². The SMILES string of the molecule is NC1=NC2(c3cc([N+](=O)[O-])ccc3F)CC2CCS1. The van der Waals surface area contributed by atoms with Crippen LogP contribution in [0.2, 0.25) is 0 Å². The van der Waals surface area contributed by atoms with E-state index < -0.39 is 16.3 Å². The summed E-state index contributed by atoms with van der Waals surface area (Å²) in [6.45, 7) is 0. The van der Waals surface area contributed by atoms with Crippen molar-refractivity contribution in [3.63, 3.8) is 0 Å². The number of nitro groups is 1. The number of benzene rings is 1. The Morgan fingerprint density at radius 3 is 3.11 bits per heavy atom. The Kier molecular flexibility index (Phi) is 2.74. The minimum atomic E-state index is -0.677. The standard InChI is InChI=1S/C12H12FN3O2S/c13-10-2-1-8(16(17)18)5-9(10)12-6-7(12)3-4-19-11(14)15-12/h1-2,5,7H,3-4,6H2,(H2,14,15). The first-order valence-electron chi connectivity index (χ1n) is 5.95. The predicted octanol–water partition coefficient (Wildman–Crippen LogP) is 2.40. The lowest BCUT2D eigenvalue weighted by atomic mass is 10.0. The van der Waals surface area contributed by atoms with E-state index in [4.69, 9.17) is 5.73 Å². The minimum Gasteiger partial charge on any atom is -0.379 e. The molecule has 0 bridgehead atoms. The van der Waals surface area contributed by atoms with Gasteiger partial charge in [0.15, 0.2) is 5.17 Å². The van der Waals surface area contributed by atoms with E-state index in [9.17, 15) is 14.5 Å². The molecule has 5 nitrogen and oxygen atoms in total. The zero-order chi connectivity index (χ0) is 13.6. The smallest absolute Gasteiger partial charge is 0.270 e. The fourth-order valence-corrected chi connectivity index (χ4v) is 3.52. The maximum absolute atomic E-state index is 14.0. The third kappa shape index (κ3) is 1.98. The van der Waals surface area contributed by atoms with Crippen LogP contribution in [-0.2, 0) is 5.54 Å². The van der Waals surface area contributed by atoms with Gasteiger partial charge in [-0.1, -0.05) is 11.8 Å². The van der Waals surface area contributed by atoms with Crippen LogP contribution in [0, 0.1) is 21.8 Å². The van der Waals surface area contributed by atoms with E-state index in [1.54, 1.807) is 0 Å². The van der Waals surface area contributed by atoms with Crippen LogP contribution in [0.15, 0.2) is 23.2 Å². The van der Waals surface area contributed by atoms with Crippen LogP contribution in [0.1, 0.15) is 18.4 Å². The largest absolute Gasteiger partial charge is 0.379 e. The number of aliphatic imine (C=N–C) groups is 1. The molecule has 2 aliphatic rings. The summed E-state index contributed by atoms with van der Waals surface area (Å²) in [5, 5.41) is 11.3. The van der Waals surface area contributed by atoms with E-state index in [0.29, 0.717) is 17.2 Å². The highest BCUT2D eigenvalue weighted by atomic mass is 32.2. The molecule has 1 aliphatic heterocycles. The van der Waals surface area contributed by atoms with Crippen molar-refractivity contribution in [2.45, 2.75) is 18.4 Å². The van der Waals surface area contributed by atoms with E-state index in [2.05, 4.69) is 4.99 Å². The van der Waals surface area contributed by atoms with Crippen LogP contribution in [0.3, 0.4) is 0 Å². The molecule has 1 saturated carbocycles. The zero-order valence-electron chi connectivity index (χ0n) is 10.0. The summed E-state index contributed by atoms with van der Waals surface area (Å²) in [6, 6.07) is 3.61. The highest BCUT2D eigenvalue weighted by Crippen LogP contribution is 2.59. The topological polar surface area (TPSA) is 81.5 Å². The number of thioether (sulfide) groups is 1. The summed E-state index contributed by atoms with van der Waals surface area (Å²) < 4.78 is 14.0. The second kappa shape index (κ2) is 4.19. The van der Waals surface area contributed by atoms with Gasteiger partial charge in [0, 0.05) is 23.4 Å². The lowest BCUT2D eigenvalue weighted by molar-refractivity contribution is -0.385. The molecule has 1 heterocycles. The predicted molar refractivity (Wildman–Crippen MR) is 71.5 cm³/mol. The Morgan fingerprint density at radius 2 is 2.37 bits per heavy atom. The molecule has 0 radical (unpaired) electrons. The molecule has 1 fully saturated rings. The summed E-state index contributed by atoms with van der Waals surface area (Å²) in [5.74, 6) is 0.646. The number of nitrogens with zero attached hydrogens (tertiary/aromatic N) is 2. The number of hydrogen-bond acceptors (Lipinski definition) is 5. The van der Waals surface area contributed by atoms with Crippen molar-refractivity contribution in [2.75, 3.05) is 5.75 Å². The molecule has 1 aromatic rings. The summed E-state index contributed by atoms with van der Waals surface area (Å²) in [7, 11) is 0. The van der Waals surface area contributed by atoms with Gasteiger partial charge in [-0.15, -0.1) is 0 Å². The Balaban J connectivity index is 2.09. The Labute approximate surface area is 113 Å². The average Bonchev–Trinajstić information content (AvgIpc) is 3.03. The number of non-ortho nitro benzene ring substituents is 1. The highest BCUT2D eigenvalue weighted by Gasteiger charge is 2.57. The molecule has 2 atom stereocenters. The maximum atomic E-state index is 14.0. The molecule has 0 saturated heterocycles. The van der Waals surface area contributed by atoms with Crippen LogP contribution in [0.4, 0.5) is 10.1 Å². The molecule has 0 spiro atoms. The van der Waals surface area contributed by atoms with Gasteiger partial charge in [-0.3, -0.25) is 15.1 Å². The average molecular weight is 281 g/mol. The van der Waals surface area contributed by atoms with Gasteiger partial charge in [0.2, 0.25) is 0 Å². The second-order valence-corrected chi connectivity index (χ2v) is 5.95. The quantitative estimate of drug-likeness (QED) is 0.666. The van der Waals surface area contributed by atoms with Crippen LogP contribution in [-0.4, -0.2) is 15.8 Å². The number of halogens is 1. The molecule has 2 unspecified atom stereocenters. The lowest BCUT2D eigenvalue weighted by Gasteiger charge is -2.13. The summed E-state index contributed by atoms with van der Waals surface area (Å²) in [4.78, 5) is 14.7. The lowest BCUT2D eigenvalue weighted by Crippen LogP contribution is -2.15. The Bertz CT molecular complexity index is 592. The van der Waals surface area contributed by atoms with Gasteiger partial charge < -0.3 is 5.73 Å². The van der Waals surface area contributed by atoms with Crippen molar-refractivity contribution in [3.05, 3.63) is 39.7 Å². The number of nitrogens with two attached hydrogens (primary N) is 1. The fraction of sp³-hybridized carbons (Fsp3) is 0.417. The molecular weight excluding hydrogens is 269 g/mol. The first-order valence-corrected chi connectivity index (χ1v) is 6.94. The normalized spacial score (nSPS) is 29.1. The number of amidine groups is 1. The highest BCUT2D eigenvalue weighted by molar-refractivity contribution is 8.13. The van der Waals surface area contributed by atoms with Gasteiger partial charge in [-0.25, -0.2) is 4.39 Å². The van der Waals surface area contributed by atoms with E-state index in [1.165, 1.54) is 23.9 Å². The van der Waals surface area contributed by atoms with Gasteiger partial charge in [-0.05, 0) is 24.8 Å². The second-order valence-electron chi connectivity index (χ2n) is 4.83.